The van der Waals surface area contributed by atoms with Gasteiger partial charge in [0.25, 0.3) is 15.9 Å². The van der Waals surface area contributed by atoms with Gasteiger partial charge >= 0.3 is 0 Å². The normalized spacial score (nSPS) is 21.0. The Labute approximate surface area is 264 Å². The van der Waals surface area contributed by atoms with E-state index in [4.69, 9.17) is 23.2 Å². The second-order valence-electron chi connectivity index (χ2n) is 10.8. The molecule has 3 aromatic rings. The Morgan fingerprint density at radius 2 is 1.76 bits per heavy atom. The molecule has 2 aromatic carbocycles. The number of hydrogen-bond donors (Lipinski definition) is 0. The molecule has 5 rings (SSSR count). The summed E-state index contributed by atoms with van der Waals surface area (Å²) in [5, 5.41) is 0.557. The molecule has 1 aromatic heterocycles. The molecule has 42 heavy (non-hydrogen) atoms. The van der Waals surface area contributed by atoms with Crippen molar-refractivity contribution in [2.75, 3.05) is 31.1 Å². The number of carbonyl (C=O) groups is 2. The molecule has 0 spiro atoms. The molecule has 2 aliphatic heterocycles. The molecule has 224 valence electrons. The van der Waals surface area contributed by atoms with E-state index in [-0.39, 0.29) is 42.3 Å². The largest absolute Gasteiger partial charge is 0.343 e. The highest BCUT2D eigenvalue weighted by molar-refractivity contribution is 9.10. The quantitative estimate of drug-likeness (QED) is 0.294. The molecule has 3 heterocycles. The number of amides is 2. The van der Waals surface area contributed by atoms with Crippen LogP contribution < -0.4 is 4.90 Å². The molecule has 0 saturated carbocycles. The first-order valence-corrected chi connectivity index (χ1v) is 16.8. The summed E-state index contributed by atoms with van der Waals surface area (Å²) in [7, 11) is -4.14. The fraction of sp³-hybridized carbons (Fsp3) is 0.414. The summed E-state index contributed by atoms with van der Waals surface area (Å²) in [6, 6.07) is 12.3. The fourth-order valence-electron chi connectivity index (χ4n) is 5.90. The summed E-state index contributed by atoms with van der Waals surface area (Å²) in [5.41, 5.74) is -0.120. The van der Waals surface area contributed by atoms with E-state index in [1.807, 2.05) is 38.1 Å². The van der Waals surface area contributed by atoms with Gasteiger partial charge in [0.1, 0.15) is 5.54 Å². The lowest BCUT2D eigenvalue weighted by molar-refractivity contribution is -0.136. The Balaban J connectivity index is 1.60. The molecule has 2 unspecified atom stereocenters. The van der Waals surface area contributed by atoms with Crippen molar-refractivity contribution in [1.29, 1.82) is 0 Å². The van der Waals surface area contributed by atoms with Crippen molar-refractivity contribution in [2.45, 2.75) is 50.6 Å². The molecule has 1 saturated heterocycles. The number of halogens is 3. The van der Waals surface area contributed by atoms with E-state index in [0.29, 0.717) is 41.7 Å². The number of fused-ring (bicyclic) bond motifs is 1. The maximum atomic E-state index is 14.3. The Hall–Kier alpha value is -2.44. The summed E-state index contributed by atoms with van der Waals surface area (Å²) in [4.78, 5) is 35.0. The van der Waals surface area contributed by atoms with E-state index in [1.54, 1.807) is 30.0 Å². The second kappa shape index (κ2) is 11.9. The highest BCUT2D eigenvalue weighted by Gasteiger charge is 2.52. The van der Waals surface area contributed by atoms with Crippen LogP contribution in [-0.2, 0) is 31.6 Å². The van der Waals surface area contributed by atoms with Crippen LogP contribution >= 0.6 is 39.1 Å². The molecule has 9 nitrogen and oxygen atoms in total. The van der Waals surface area contributed by atoms with Crippen LogP contribution in [0.1, 0.15) is 39.2 Å². The molecule has 1 fully saturated rings. The summed E-state index contributed by atoms with van der Waals surface area (Å²) in [6.07, 6.45) is 2.68. The molecule has 2 amide bonds. The predicted octanol–water partition coefficient (Wildman–Crippen LogP) is 5.86. The number of benzene rings is 2. The molecule has 2 aliphatic rings. The van der Waals surface area contributed by atoms with Gasteiger partial charge < -0.3 is 4.90 Å². The van der Waals surface area contributed by atoms with Gasteiger partial charge in [-0.2, -0.15) is 4.31 Å². The molecule has 0 aliphatic carbocycles. The van der Waals surface area contributed by atoms with E-state index < -0.39 is 21.5 Å². The van der Waals surface area contributed by atoms with E-state index in [0.717, 1.165) is 10.0 Å². The van der Waals surface area contributed by atoms with Crippen molar-refractivity contribution in [2.24, 2.45) is 5.92 Å². The third kappa shape index (κ3) is 5.50. The third-order valence-corrected chi connectivity index (χ3v) is 10.8. The van der Waals surface area contributed by atoms with Gasteiger partial charge in [-0.3, -0.25) is 14.2 Å². The first kappa shape index (κ1) is 31.0. The fourth-order valence-corrected chi connectivity index (χ4v) is 8.39. The average molecular weight is 697 g/mol. The van der Waals surface area contributed by atoms with Crippen molar-refractivity contribution in [3.05, 3.63) is 68.7 Å². The first-order valence-electron chi connectivity index (χ1n) is 13.8. The van der Waals surface area contributed by atoms with Crippen molar-refractivity contribution in [3.8, 4) is 0 Å². The standard InChI is InChI=1S/C29H32BrCl2N5O4S/c1-4-34(5-2)26(38)20-7-6-12-35(18-20)42(40,41)25-17-33-28-36(24-14-22(31)13-23(32)15-24)27(39)29(3,37(25)28)16-19-8-10-21(30)11-9-19/h8-11,13-15,17,20H,4-7,12,16,18H2,1-3H3. The maximum absolute atomic E-state index is 14.3. The number of carbonyl (C=O) groups excluding carboxylic acids is 2. The van der Waals surface area contributed by atoms with Gasteiger partial charge in [0.2, 0.25) is 11.9 Å². The molecular formula is C29H32BrCl2N5O4S. The van der Waals surface area contributed by atoms with Crippen molar-refractivity contribution < 1.29 is 18.0 Å². The van der Waals surface area contributed by atoms with Crippen LogP contribution in [0.4, 0.5) is 11.6 Å². The minimum Gasteiger partial charge on any atom is -0.343 e. The summed E-state index contributed by atoms with van der Waals surface area (Å²) < 4.78 is 32.3. The van der Waals surface area contributed by atoms with Crippen LogP contribution in [-0.4, -0.2) is 65.2 Å². The smallest absolute Gasteiger partial charge is 0.260 e. The topological polar surface area (TPSA) is 95.8 Å². The number of nitrogens with zero attached hydrogens (tertiary/aromatic N) is 5. The zero-order valence-electron chi connectivity index (χ0n) is 23.6. The highest BCUT2D eigenvalue weighted by Crippen LogP contribution is 2.45. The third-order valence-electron chi connectivity index (χ3n) is 8.05. The zero-order chi connectivity index (χ0) is 30.4. The average Bonchev–Trinajstić information content (AvgIpc) is 3.48. The van der Waals surface area contributed by atoms with Crippen LogP contribution in [0.25, 0.3) is 0 Å². The highest BCUT2D eigenvalue weighted by atomic mass is 79.9. The zero-order valence-corrected chi connectivity index (χ0v) is 27.5. The summed E-state index contributed by atoms with van der Waals surface area (Å²) in [5.74, 6) is -0.686. The molecule has 0 N–H and O–H groups in total. The van der Waals surface area contributed by atoms with Crippen molar-refractivity contribution in [3.63, 3.8) is 0 Å². The molecule has 0 bridgehead atoms. The monoisotopic (exact) mass is 695 g/mol. The minimum atomic E-state index is -4.14. The van der Waals surface area contributed by atoms with Crippen LogP contribution in [0, 0.1) is 5.92 Å². The number of aromatic nitrogens is 2. The van der Waals surface area contributed by atoms with Crippen LogP contribution in [0.2, 0.25) is 10.0 Å². The number of rotatable bonds is 8. The van der Waals surface area contributed by atoms with E-state index in [9.17, 15) is 18.0 Å². The number of imidazole rings is 1. The summed E-state index contributed by atoms with van der Waals surface area (Å²) >= 11 is 16.0. The lowest BCUT2D eigenvalue weighted by Gasteiger charge is -2.34. The maximum Gasteiger partial charge on any atom is 0.260 e. The lowest BCUT2D eigenvalue weighted by atomic mass is 9.92. The molecule has 2 atom stereocenters. The van der Waals surface area contributed by atoms with Gasteiger partial charge in [0, 0.05) is 47.1 Å². The minimum absolute atomic E-state index is 0.0438. The van der Waals surface area contributed by atoms with Crippen LogP contribution in [0.3, 0.4) is 0 Å². The number of piperidine rings is 1. The van der Waals surface area contributed by atoms with Gasteiger partial charge in [0.05, 0.1) is 17.8 Å². The van der Waals surface area contributed by atoms with Crippen molar-refractivity contribution in [1.82, 2.24) is 18.8 Å². The van der Waals surface area contributed by atoms with Gasteiger partial charge in [-0.1, -0.05) is 51.3 Å². The Bertz CT molecular complexity index is 1610. The Morgan fingerprint density at radius 1 is 1.12 bits per heavy atom. The van der Waals surface area contributed by atoms with E-state index in [2.05, 4.69) is 20.9 Å². The second-order valence-corrected chi connectivity index (χ2v) is 14.5. The summed E-state index contributed by atoms with van der Waals surface area (Å²) in [6.45, 7) is 7.02. The SMILES string of the molecule is CCN(CC)C(=O)C1CCCN(S(=O)(=O)c2cnc3n2C(C)(Cc2ccc(Br)cc2)C(=O)N3c2cc(Cl)cc(Cl)c2)C1. The Kier molecular flexibility index (Phi) is 8.80. The van der Waals surface area contributed by atoms with E-state index >= 15 is 0 Å². The number of hydrogen-bond acceptors (Lipinski definition) is 5. The predicted molar refractivity (Wildman–Crippen MR) is 167 cm³/mol. The van der Waals surface area contributed by atoms with E-state index in [1.165, 1.54) is 20.0 Å². The lowest BCUT2D eigenvalue weighted by Crippen LogP contribution is -2.48. The molecular weight excluding hydrogens is 665 g/mol. The van der Waals surface area contributed by atoms with Crippen LogP contribution in [0.15, 0.2) is 58.2 Å². The first-order chi connectivity index (χ1) is 19.9. The molecule has 0 radical (unpaired) electrons. The van der Waals surface area contributed by atoms with Gasteiger partial charge in [0.15, 0.2) is 5.03 Å². The number of anilines is 2. The van der Waals surface area contributed by atoms with Crippen molar-refractivity contribution >= 4 is 72.6 Å². The number of sulfonamides is 1. The Morgan fingerprint density at radius 3 is 2.38 bits per heavy atom. The van der Waals surface area contributed by atoms with Crippen LogP contribution in [0.5, 0.6) is 0 Å². The van der Waals surface area contributed by atoms with Gasteiger partial charge in [-0.15, -0.1) is 0 Å². The van der Waals surface area contributed by atoms with Gasteiger partial charge in [-0.25, -0.2) is 18.3 Å². The van der Waals surface area contributed by atoms with Gasteiger partial charge in [-0.05, 0) is 69.5 Å². The molecule has 13 heteroatoms.